The predicted molar refractivity (Wildman–Crippen MR) is 131 cm³/mol. The molecule has 0 radical (unpaired) electrons. The smallest absolute Gasteiger partial charge is 0.174 e. The van der Waals surface area contributed by atoms with Gasteiger partial charge in [0.15, 0.2) is 5.78 Å². The normalized spacial score (nSPS) is 15.0. The molecule has 1 aliphatic rings. The first-order chi connectivity index (χ1) is 15.6. The molecule has 1 heterocycles. The molecule has 0 saturated heterocycles. The number of phenolic OH excluding ortho intramolecular Hbond substituents is 2. The quantitative estimate of drug-likeness (QED) is 0.464. The van der Waals surface area contributed by atoms with Crippen LogP contribution >= 0.6 is 0 Å². The van der Waals surface area contributed by atoms with E-state index in [2.05, 4.69) is 6.08 Å². The zero-order valence-corrected chi connectivity index (χ0v) is 20.4. The highest BCUT2D eigenvalue weighted by molar-refractivity contribution is 6.04. The van der Waals surface area contributed by atoms with Crippen molar-refractivity contribution in [1.82, 2.24) is 0 Å². The molecule has 176 valence electrons. The fraction of sp³-hybridized carbons (Fsp3) is 0.393. The van der Waals surface area contributed by atoms with Crippen LogP contribution in [0.15, 0.2) is 47.6 Å². The summed E-state index contributed by atoms with van der Waals surface area (Å²) in [5.74, 6) is 0.888. The minimum absolute atomic E-state index is 0.0618. The Morgan fingerprint density at radius 3 is 2.15 bits per heavy atom. The number of hydrogen-bond acceptors (Lipinski definition) is 5. The molecule has 0 aliphatic carbocycles. The van der Waals surface area contributed by atoms with Gasteiger partial charge >= 0.3 is 0 Å². The molecule has 0 amide bonds. The largest absolute Gasteiger partial charge is 0.508 e. The fourth-order valence-corrected chi connectivity index (χ4v) is 3.89. The van der Waals surface area contributed by atoms with Crippen molar-refractivity contribution < 1.29 is 24.5 Å². The van der Waals surface area contributed by atoms with Gasteiger partial charge in [-0.3, -0.25) is 4.79 Å². The van der Waals surface area contributed by atoms with E-state index in [1.54, 1.807) is 24.3 Å². The van der Waals surface area contributed by atoms with Gasteiger partial charge in [-0.15, -0.1) is 0 Å². The molecule has 2 aromatic rings. The van der Waals surface area contributed by atoms with Gasteiger partial charge < -0.3 is 19.7 Å². The molecule has 0 bridgehead atoms. The van der Waals surface area contributed by atoms with E-state index in [9.17, 15) is 15.0 Å². The number of ketones is 1. The summed E-state index contributed by atoms with van der Waals surface area (Å²) >= 11 is 0. The van der Waals surface area contributed by atoms with Crippen molar-refractivity contribution >= 4 is 5.78 Å². The fourth-order valence-electron chi connectivity index (χ4n) is 3.89. The highest BCUT2D eigenvalue weighted by atomic mass is 16.5. The topological polar surface area (TPSA) is 76.0 Å². The van der Waals surface area contributed by atoms with Crippen molar-refractivity contribution in [2.45, 2.75) is 73.0 Å². The van der Waals surface area contributed by atoms with Crippen molar-refractivity contribution in [2.24, 2.45) is 0 Å². The summed E-state index contributed by atoms with van der Waals surface area (Å²) in [5, 5.41) is 20.9. The molecule has 0 fully saturated rings. The number of fused-ring (bicyclic) bond motifs is 1. The van der Waals surface area contributed by atoms with Crippen molar-refractivity contribution in [3.63, 3.8) is 0 Å². The zero-order valence-electron chi connectivity index (χ0n) is 20.4. The average molecular weight is 451 g/mol. The van der Waals surface area contributed by atoms with Crippen LogP contribution in [0.2, 0.25) is 0 Å². The Labute approximate surface area is 196 Å². The van der Waals surface area contributed by atoms with Crippen LogP contribution in [-0.4, -0.2) is 22.1 Å². The summed E-state index contributed by atoms with van der Waals surface area (Å²) in [6, 6.07) is 6.66. The number of carbonyl (C=O) groups excluding carboxylic acids is 1. The first-order valence-corrected chi connectivity index (χ1v) is 11.4. The molecular weight excluding hydrogens is 416 g/mol. The zero-order chi connectivity index (χ0) is 24.3. The Morgan fingerprint density at radius 2 is 1.61 bits per heavy atom. The van der Waals surface area contributed by atoms with Gasteiger partial charge in [0.1, 0.15) is 34.7 Å². The van der Waals surface area contributed by atoms with Crippen molar-refractivity contribution in [2.75, 3.05) is 0 Å². The number of benzene rings is 2. The lowest BCUT2D eigenvalue weighted by Gasteiger charge is -2.31. The van der Waals surface area contributed by atoms with Crippen LogP contribution in [0, 0.1) is 0 Å². The molecule has 1 unspecified atom stereocenters. The van der Waals surface area contributed by atoms with E-state index < -0.39 is 6.10 Å². The minimum atomic E-state index is -0.508. The third kappa shape index (κ3) is 5.59. The van der Waals surface area contributed by atoms with Gasteiger partial charge in [0, 0.05) is 11.1 Å². The minimum Gasteiger partial charge on any atom is -0.508 e. The highest BCUT2D eigenvalue weighted by Gasteiger charge is 2.36. The van der Waals surface area contributed by atoms with Gasteiger partial charge in [-0.05, 0) is 72.1 Å². The Kier molecular flexibility index (Phi) is 7.52. The van der Waals surface area contributed by atoms with E-state index in [1.165, 1.54) is 0 Å². The summed E-state index contributed by atoms with van der Waals surface area (Å²) in [7, 11) is 0. The Morgan fingerprint density at radius 1 is 1.03 bits per heavy atom. The lowest BCUT2D eigenvalue weighted by Crippen LogP contribution is -2.23. The van der Waals surface area contributed by atoms with Crippen LogP contribution in [0.3, 0.4) is 0 Å². The standard InChI is InChI=1S/C28H34O5/c1-16(2)7-13-21-26(31)25-23(30)15-24(19-9-11-20(29)12-10-19)33-28(25)22(14-8-17(3)4)27(21)32-18(5)6/h7-12,18,24,29,31H,13-15H2,1-6H3. The van der Waals surface area contributed by atoms with Crippen LogP contribution < -0.4 is 9.47 Å². The first-order valence-electron chi connectivity index (χ1n) is 11.4. The number of aromatic hydroxyl groups is 2. The first kappa shape index (κ1) is 24.4. The van der Waals surface area contributed by atoms with Crippen LogP contribution in [0.5, 0.6) is 23.0 Å². The highest BCUT2D eigenvalue weighted by Crippen LogP contribution is 2.49. The Balaban J connectivity index is 2.24. The molecule has 1 atom stereocenters. The number of rotatable bonds is 7. The number of ether oxygens (including phenoxy) is 2. The number of allylic oxidation sites excluding steroid dienone is 4. The summed E-state index contributed by atoms with van der Waals surface area (Å²) in [6.07, 6.45) is 4.55. The molecule has 1 aliphatic heterocycles. The van der Waals surface area contributed by atoms with Crippen molar-refractivity contribution in [1.29, 1.82) is 0 Å². The third-order valence-electron chi connectivity index (χ3n) is 5.53. The molecule has 2 aromatic carbocycles. The number of hydrogen-bond donors (Lipinski definition) is 2. The van der Waals surface area contributed by atoms with Gasteiger partial charge in [-0.2, -0.15) is 0 Å². The van der Waals surface area contributed by atoms with Crippen LogP contribution in [0.1, 0.15) is 81.1 Å². The van der Waals surface area contributed by atoms with Crippen LogP contribution in [0.25, 0.3) is 0 Å². The maximum absolute atomic E-state index is 13.3. The molecular formula is C28H34O5. The Bertz CT molecular complexity index is 1080. The predicted octanol–water partition coefficient (Wildman–Crippen LogP) is 6.61. The number of Topliss-reactive ketones (excluding diaryl/α,β-unsaturated/α-hetero) is 1. The summed E-state index contributed by atoms with van der Waals surface area (Å²) in [5.41, 5.74) is 4.65. The number of carbonyl (C=O) groups is 1. The number of phenols is 2. The third-order valence-corrected chi connectivity index (χ3v) is 5.53. The SMILES string of the molecule is CC(C)=CCc1c(O)c2c(c(CC=C(C)C)c1OC(C)C)OC(c1ccc(O)cc1)CC2=O. The molecule has 0 saturated carbocycles. The second-order valence-corrected chi connectivity index (χ2v) is 9.30. The van der Waals surface area contributed by atoms with Gasteiger partial charge in [0.05, 0.1) is 12.5 Å². The molecule has 5 nitrogen and oxygen atoms in total. The Hall–Kier alpha value is -3.21. The molecule has 3 rings (SSSR count). The molecule has 33 heavy (non-hydrogen) atoms. The second kappa shape index (κ2) is 10.2. The van der Waals surface area contributed by atoms with E-state index in [0.29, 0.717) is 29.9 Å². The average Bonchev–Trinajstić information content (AvgIpc) is 2.72. The maximum atomic E-state index is 13.3. The van der Waals surface area contributed by atoms with E-state index >= 15 is 0 Å². The van der Waals surface area contributed by atoms with Gasteiger partial charge in [0.2, 0.25) is 0 Å². The van der Waals surface area contributed by atoms with Gasteiger partial charge in [-0.25, -0.2) is 0 Å². The van der Waals surface area contributed by atoms with E-state index in [4.69, 9.17) is 9.47 Å². The van der Waals surface area contributed by atoms with E-state index in [0.717, 1.165) is 22.3 Å². The lowest BCUT2D eigenvalue weighted by atomic mass is 9.89. The lowest BCUT2D eigenvalue weighted by molar-refractivity contribution is 0.0841. The molecule has 0 spiro atoms. The maximum Gasteiger partial charge on any atom is 0.174 e. The van der Waals surface area contributed by atoms with Crippen LogP contribution in [-0.2, 0) is 12.8 Å². The summed E-state index contributed by atoms with van der Waals surface area (Å²) < 4.78 is 12.6. The van der Waals surface area contributed by atoms with Gasteiger partial charge in [-0.1, -0.05) is 35.4 Å². The van der Waals surface area contributed by atoms with Crippen LogP contribution in [0.4, 0.5) is 0 Å². The molecule has 5 heteroatoms. The van der Waals surface area contributed by atoms with Crippen molar-refractivity contribution in [3.8, 4) is 23.0 Å². The van der Waals surface area contributed by atoms with E-state index in [-0.39, 0.29) is 35.4 Å². The van der Waals surface area contributed by atoms with Gasteiger partial charge in [0.25, 0.3) is 0 Å². The summed E-state index contributed by atoms with van der Waals surface area (Å²) in [6.45, 7) is 11.9. The molecule has 2 N–H and O–H groups in total. The van der Waals surface area contributed by atoms with E-state index in [1.807, 2.05) is 47.6 Å². The second-order valence-electron chi connectivity index (χ2n) is 9.30. The summed E-state index contributed by atoms with van der Waals surface area (Å²) in [4.78, 5) is 13.3. The molecule has 0 aromatic heterocycles. The monoisotopic (exact) mass is 450 g/mol. The van der Waals surface area contributed by atoms with Crippen molar-refractivity contribution in [3.05, 3.63) is 69.8 Å².